The molecule has 0 spiro atoms. The second-order valence-corrected chi connectivity index (χ2v) is 5.17. The van der Waals surface area contributed by atoms with Crippen LogP contribution in [-0.4, -0.2) is 19.9 Å². The van der Waals surface area contributed by atoms with Gasteiger partial charge in [-0.15, -0.1) is 0 Å². The molecule has 0 unspecified atom stereocenters. The fraction of sp³-hybridized carbons (Fsp3) is 0.125. The largest absolute Gasteiger partial charge is 0.508 e. The molecule has 1 heterocycles. The number of aromatic amines is 1. The maximum absolute atomic E-state index is 9.31. The first-order valence-electron chi connectivity index (χ1n) is 6.72. The maximum Gasteiger partial charge on any atom is 0.195 e. The summed E-state index contributed by atoms with van der Waals surface area (Å²) in [5.74, 6) is 1.13. The Hall–Kier alpha value is -2.40. The average molecular weight is 297 g/mol. The highest BCUT2D eigenvalue weighted by Gasteiger charge is 2.08. The molecule has 0 bridgehead atoms. The highest BCUT2D eigenvalue weighted by molar-refractivity contribution is 7.71. The summed E-state index contributed by atoms with van der Waals surface area (Å²) in [5, 5.41) is 16.5. The number of phenolic OH excluding ortho intramolecular Hbond substituents is 1. The minimum atomic E-state index is 0.281. The van der Waals surface area contributed by atoms with Gasteiger partial charge in [-0.2, -0.15) is 5.10 Å². The lowest BCUT2D eigenvalue weighted by molar-refractivity contribution is 0.475. The number of aromatic nitrogens is 3. The van der Waals surface area contributed by atoms with E-state index in [1.54, 1.807) is 12.1 Å². The van der Waals surface area contributed by atoms with Crippen LogP contribution in [0.15, 0.2) is 54.6 Å². The molecule has 0 aliphatic heterocycles. The summed E-state index contributed by atoms with van der Waals surface area (Å²) in [7, 11) is 0. The lowest BCUT2D eigenvalue weighted by Gasteiger charge is -2.07. The Morgan fingerprint density at radius 3 is 2.48 bits per heavy atom. The van der Waals surface area contributed by atoms with Crippen molar-refractivity contribution in [1.29, 1.82) is 0 Å². The van der Waals surface area contributed by atoms with Gasteiger partial charge in [-0.3, -0.25) is 9.67 Å². The summed E-state index contributed by atoms with van der Waals surface area (Å²) in [6.45, 7) is 0.740. The van der Waals surface area contributed by atoms with Crippen LogP contribution in [0.25, 0.3) is 11.4 Å². The van der Waals surface area contributed by atoms with Crippen LogP contribution in [0.1, 0.15) is 5.56 Å². The monoisotopic (exact) mass is 297 g/mol. The van der Waals surface area contributed by atoms with Crippen molar-refractivity contribution in [3.63, 3.8) is 0 Å². The van der Waals surface area contributed by atoms with Gasteiger partial charge in [0.2, 0.25) is 0 Å². The second kappa shape index (κ2) is 5.93. The summed E-state index contributed by atoms with van der Waals surface area (Å²) in [6, 6.07) is 17.2. The van der Waals surface area contributed by atoms with Gasteiger partial charge in [-0.05, 0) is 36.3 Å². The Labute approximate surface area is 127 Å². The number of aromatic hydroxyl groups is 1. The zero-order valence-corrected chi connectivity index (χ0v) is 12.2. The molecule has 0 fully saturated rings. The molecule has 3 rings (SSSR count). The van der Waals surface area contributed by atoms with Crippen LogP contribution in [0.4, 0.5) is 0 Å². The number of aryl methyl sites for hydroxylation is 1. The van der Waals surface area contributed by atoms with E-state index >= 15 is 0 Å². The summed E-state index contributed by atoms with van der Waals surface area (Å²) in [4.78, 5) is 0. The molecule has 0 saturated carbocycles. The van der Waals surface area contributed by atoms with Crippen molar-refractivity contribution in [2.75, 3.05) is 0 Å². The van der Waals surface area contributed by atoms with E-state index in [-0.39, 0.29) is 5.75 Å². The number of nitrogens with zero attached hydrogens (tertiary/aromatic N) is 2. The van der Waals surface area contributed by atoms with Crippen molar-refractivity contribution >= 4 is 12.2 Å². The number of phenols is 1. The van der Waals surface area contributed by atoms with Crippen molar-refractivity contribution in [2.45, 2.75) is 13.0 Å². The normalized spacial score (nSPS) is 10.7. The standard InChI is InChI=1S/C16H15N3OS/c20-14-8-6-12(7-9-14)10-11-19-15(17-18-16(19)21)13-4-2-1-3-5-13/h1-9,20H,10-11H2,(H,18,21). The van der Waals surface area contributed by atoms with Crippen LogP contribution in [-0.2, 0) is 13.0 Å². The Morgan fingerprint density at radius 1 is 1.05 bits per heavy atom. The molecule has 0 amide bonds. The molecule has 21 heavy (non-hydrogen) atoms. The summed E-state index contributed by atoms with van der Waals surface area (Å²) < 4.78 is 2.62. The zero-order chi connectivity index (χ0) is 14.7. The molecule has 0 saturated heterocycles. The highest BCUT2D eigenvalue weighted by Crippen LogP contribution is 2.18. The van der Waals surface area contributed by atoms with Gasteiger partial charge >= 0.3 is 0 Å². The summed E-state index contributed by atoms with van der Waals surface area (Å²) in [6.07, 6.45) is 0.827. The van der Waals surface area contributed by atoms with Gasteiger partial charge in [0, 0.05) is 12.1 Å². The van der Waals surface area contributed by atoms with Crippen molar-refractivity contribution in [2.24, 2.45) is 0 Å². The quantitative estimate of drug-likeness (QED) is 0.724. The topological polar surface area (TPSA) is 53.8 Å². The molecule has 5 heteroatoms. The summed E-state index contributed by atoms with van der Waals surface area (Å²) in [5.41, 5.74) is 2.19. The molecular formula is C16H15N3OS. The molecule has 4 nitrogen and oxygen atoms in total. The Balaban J connectivity index is 1.84. The van der Waals surface area contributed by atoms with Crippen molar-refractivity contribution in [3.05, 3.63) is 64.9 Å². The number of benzene rings is 2. The van der Waals surface area contributed by atoms with E-state index in [1.165, 1.54) is 0 Å². The smallest absolute Gasteiger partial charge is 0.195 e. The van der Waals surface area contributed by atoms with Crippen LogP contribution in [0.2, 0.25) is 0 Å². The SMILES string of the molecule is Oc1ccc(CCn2c(-c3ccccc3)n[nH]c2=S)cc1. The number of hydrogen-bond acceptors (Lipinski definition) is 3. The van der Waals surface area contributed by atoms with Gasteiger partial charge in [-0.1, -0.05) is 42.5 Å². The third-order valence-corrected chi connectivity index (χ3v) is 3.66. The first kappa shape index (κ1) is 13.6. The number of H-pyrrole nitrogens is 1. The van der Waals surface area contributed by atoms with Crippen molar-refractivity contribution < 1.29 is 5.11 Å². The highest BCUT2D eigenvalue weighted by atomic mass is 32.1. The zero-order valence-electron chi connectivity index (χ0n) is 11.4. The Bertz CT molecular complexity index is 775. The molecule has 2 aromatic carbocycles. The van der Waals surface area contributed by atoms with E-state index in [0.717, 1.165) is 29.9 Å². The number of hydrogen-bond donors (Lipinski definition) is 2. The maximum atomic E-state index is 9.31. The van der Waals surface area contributed by atoms with Gasteiger partial charge in [0.05, 0.1) is 0 Å². The van der Waals surface area contributed by atoms with Gasteiger partial charge in [-0.25, -0.2) is 0 Å². The van der Waals surface area contributed by atoms with Gasteiger partial charge in [0.15, 0.2) is 10.6 Å². The fourth-order valence-corrected chi connectivity index (χ4v) is 2.46. The van der Waals surface area contributed by atoms with E-state index in [4.69, 9.17) is 12.2 Å². The van der Waals surface area contributed by atoms with E-state index in [9.17, 15) is 5.11 Å². The van der Waals surface area contributed by atoms with Crippen molar-refractivity contribution in [3.8, 4) is 17.1 Å². The molecule has 0 radical (unpaired) electrons. The molecule has 3 aromatic rings. The van der Waals surface area contributed by atoms with Crippen LogP contribution in [0, 0.1) is 4.77 Å². The van der Waals surface area contributed by atoms with E-state index in [0.29, 0.717) is 4.77 Å². The van der Waals surface area contributed by atoms with Crippen LogP contribution < -0.4 is 0 Å². The first-order valence-corrected chi connectivity index (χ1v) is 7.13. The number of nitrogens with one attached hydrogen (secondary N) is 1. The molecule has 0 aliphatic rings. The third-order valence-electron chi connectivity index (χ3n) is 3.35. The molecular weight excluding hydrogens is 282 g/mol. The molecule has 0 atom stereocenters. The van der Waals surface area contributed by atoms with Crippen LogP contribution >= 0.6 is 12.2 Å². The summed E-state index contributed by atoms with van der Waals surface area (Å²) >= 11 is 5.31. The van der Waals surface area contributed by atoms with E-state index in [1.807, 2.05) is 47.0 Å². The average Bonchev–Trinajstić information content (AvgIpc) is 2.89. The minimum absolute atomic E-state index is 0.281. The van der Waals surface area contributed by atoms with Crippen LogP contribution in [0.5, 0.6) is 5.75 Å². The molecule has 106 valence electrons. The Morgan fingerprint density at radius 2 is 1.76 bits per heavy atom. The first-order chi connectivity index (χ1) is 10.2. The Kier molecular flexibility index (Phi) is 3.83. The molecule has 2 N–H and O–H groups in total. The predicted octanol–water partition coefficient (Wildman–Crippen LogP) is 3.56. The van der Waals surface area contributed by atoms with Gasteiger partial charge in [0.1, 0.15) is 5.75 Å². The predicted molar refractivity (Wildman–Crippen MR) is 84.7 cm³/mol. The van der Waals surface area contributed by atoms with Crippen molar-refractivity contribution in [1.82, 2.24) is 14.8 Å². The lowest BCUT2D eigenvalue weighted by Crippen LogP contribution is -2.03. The van der Waals surface area contributed by atoms with E-state index < -0.39 is 0 Å². The molecule has 0 aliphatic carbocycles. The van der Waals surface area contributed by atoms with Gasteiger partial charge < -0.3 is 5.11 Å². The third kappa shape index (κ3) is 3.03. The fourth-order valence-electron chi connectivity index (χ4n) is 2.24. The second-order valence-electron chi connectivity index (χ2n) is 4.79. The molecule has 1 aromatic heterocycles. The number of rotatable bonds is 4. The van der Waals surface area contributed by atoms with Gasteiger partial charge in [0.25, 0.3) is 0 Å². The lowest BCUT2D eigenvalue weighted by atomic mass is 10.1. The van der Waals surface area contributed by atoms with Crippen LogP contribution in [0.3, 0.4) is 0 Å². The van der Waals surface area contributed by atoms with E-state index in [2.05, 4.69) is 10.2 Å². The minimum Gasteiger partial charge on any atom is -0.508 e.